The molecule has 1 aromatic carbocycles. The topological polar surface area (TPSA) is 29.9 Å². The second-order valence-electron chi connectivity index (χ2n) is 4.65. The summed E-state index contributed by atoms with van der Waals surface area (Å²) in [5.74, 6) is -1.67. The third-order valence-corrected chi connectivity index (χ3v) is 3.09. The van der Waals surface area contributed by atoms with Crippen molar-refractivity contribution in [2.45, 2.75) is 32.7 Å². The first-order valence-electron chi connectivity index (χ1n) is 6.73. The minimum atomic E-state index is -0.846. The van der Waals surface area contributed by atoms with Gasteiger partial charge < -0.3 is 9.88 Å². The Balaban J connectivity index is 1.92. The fraction of sp³-hybridized carbons (Fsp3) is 0.500. The van der Waals surface area contributed by atoms with Gasteiger partial charge in [0, 0.05) is 18.7 Å². The smallest absolute Gasteiger partial charge is 0.161 e. The van der Waals surface area contributed by atoms with Crippen LogP contribution in [-0.4, -0.2) is 22.6 Å². The van der Waals surface area contributed by atoms with Crippen molar-refractivity contribution in [2.24, 2.45) is 0 Å². The molecule has 0 unspecified atom stereocenters. The predicted molar refractivity (Wildman–Crippen MR) is 72.0 cm³/mol. The molecule has 0 amide bonds. The molecule has 2 aromatic rings. The number of rotatable bonds is 7. The van der Waals surface area contributed by atoms with Crippen molar-refractivity contribution in [1.82, 2.24) is 14.9 Å². The molecule has 2 rings (SSSR count). The molecule has 0 spiro atoms. The van der Waals surface area contributed by atoms with Gasteiger partial charge in [-0.25, -0.2) is 13.8 Å². The number of nitrogens with zero attached hydrogens (tertiary/aromatic N) is 2. The van der Waals surface area contributed by atoms with E-state index in [1.807, 2.05) is 4.57 Å². The lowest BCUT2D eigenvalue weighted by Gasteiger charge is -2.05. The van der Waals surface area contributed by atoms with Crippen molar-refractivity contribution in [2.75, 3.05) is 13.1 Å². The maximum absolute atomic E-state index is 13.2. The molecule has 0 aliphatic carbocycles. The largest absolute Gasteiger partial charge is 0.331 e. The monoisotopic (exact) mass is 267 g/mol. The lowest BCUT2D eigenvalue weighted by Crippen LogP contribution is -2.16. The number of halogens is 2. The highest BCUT2D eigenvalue weighted by molar-refractivity contribution is 5.75. The number of imidazole rings is 1. The summed E-state index contributed by atoms with van der Waals surface area (Å²) in [7, 11) is 0. The first kappa shape index (κ1) is 13.9. The standard InChI is InChI=1S/C14H19F2N3/c1-2-5-17-6-3-4-7-19-10-18-13-8-11(15)12(16)9-14(13)19/h8-10,17H,2-7H2,1H3. The zero-order chi connectivity index (χ0) is 13.7. The van der Waals surface area contributed by atoms with E-state index >= 15 is 0 Å². The van der Waals surface area contributed by atoms with Crippen LogP contribution in [0.2, 0.25) is 0 Å². The number of hydrogen-bond acceptors (Lipinski definition) is 2. The third-order valence-electron chi connectivity index (χ3n) is 3.09. The van der Waals surface area contributed by atoms with Gasteiger partial charge in [-0.15, -0.1) is 0 Å². The third kappa shape index (κ3) is 3.50. The fourth-order valence-corrected chi connectivity index (χ4v) is 2.07. The molecule has 0 fully saturated rings. The summed E-state index contributed by atoms with van der Waals surface area (Å²) < 4.78 is 28.1. The average Bonchev–Trinajstić information content (AvgIpc) is 2.77. The molecule has 0 saturated carbocycles. The summed E-state index contributed by atoms with van der Waals surface area (Å²) in [5, 5.41) is 3.33. The lowest BCUT2D eigenvalue weighted by molar-refractivity contribution is 0.510. The summed E-state index contributed by atoms with van der Waals surface area (Å²) >= 11 is 0. The number of nitrogens with one attached hydrogen (secondary N) is 1. The lowest BCUT2D eigenvalue weighted by atomic mass is 10.2. The molecule has 0 radical (unpaired) electrons. The van der Waals surface area contributed by atoms with Gasteiger partial charge in [0.15, 0.2) is 11.6 Å². The molecule has 3 nitrogen and oxygen atoms in total. The van der Waals surface area contributed by atoms with E-state index in [0.717, 1.165) is 45.0 Å². The normalized spacial score (nSPS) is 11.3. The van der Waals surface area contributed by atoms with Crippen LogP contribution in [-0.2, 0) is 6.54 Å². The van der Waals surface area contributed by atoms with Gasteiger partial charge in [-0.05, 0) is 32.4 Å². The minimum Gasteiger partial charge on any atom is -0.331 e. The van der Waals surface area contributed by atoms with Crippen LogP contribution >= 0.6 is 0 Å². The highest BCUT2D eigenvalue weighted by Gasteiger charge is 2.08. The highest BCUT2D eigenvalue weighted by Crippen LogP contribution is 2.17. The summed E-state index contributed by atoms with van der Waals surface area (Å²) in [6, 6.07) is 2.36. The minimum absolute atomic E-state index is 0.503. The number of fused-ring (bicyclic) bond motifs is 1. The zero-order valence-corrected chi connectivity index (χ0v) is 11.1. The molecule has 1 N–H and O–H groups in total. The number of benzene rings is 1. The molecule has 5 heteroatoms. The quantitative estimate of drug-likeness (QED) is 0.781. The van der Waals surface area contributed by atoms with Crippen molar-refractivity contribution in [3.63, 3.8) is 0 Å². The molecule has 0 atom stereocenters. The van der Waals surface area contributed by atoms with Crippen LogP contribution < -0.4 is 5.32 Å². The van der Waals surface area contributed by atoms with E-state index in [9.17, 15) is 8.78 Å². The van der Waals surface area contributed by atoms with E-state index in [4.69, 9.17) is 0 Å². The van der Waals surface area contributed by atoms with Gasteiger partial charge in [-0.1, -0.05) is 6.92 Å². The van der Waals surface area contributed by atoms with Gasteiger partial charge in [0.05, 0.1) is 17.4 Å². The Morgan fingerprint density at radius 3 is 2.74 bits per heavy atom. The Morgan fingerprint density at radius 1 is 1.16 bits per heavy atom. The van der Waals surface area contributed by atoms with Crippen molar-refractivity contribution in [3.05, 3.63) is 30.1 Å². The van der Waals surface area contributed by atoms with Crippen LogP contribution in [0.4, 0.5) is 8.78 Å². The van der Waals surface area contributed by atoms with Crippen LogP contribution in [0.1, 0.15) is 26.2 Å². The fourth-order valence-electron chi connectivity index (χ4n) is 2.07. The van der Waals surface area contributed by atoms with Crippen LogP contribution in [0.25, 0.3) is 11.0 Å². The SMILES string of the molecule is CCCNCCCCn1cnc2cc(F)c(F)cc21. The van der Waals surface area contributed by atoms with Crippen LogP contribution in [0.3, 0.4) is 0 Å². The maximum atomic E-state index is 13.2. The van der Waals surface area contributed by atoms with Gasteiger partial charge in [-0.2, -0.15) is 0 Å². The Hall–Kier alpha value is -1.49. The van der Waals surface area contributed by atoms with Crippen molar-refractivity contribution < 1.29 is 8.78 Å². The van der Waals surface area contributed by atoms with Gasteiger partial charge in [0.2, 0.25) is 0 Å². The Kier molecular flexibility index (Phi) is 4.85. The van der Waals surface area contributed by atoms with E-state index in [-0.39, 0.29) is 0 Å². The molecule has 1 heterocycles. The summed E-state index contributed by atoms with van der Waals surface area (Å²) in [6.45, 7) is 4.94. The molecule has 0 bridgehead atoms. The van der Waals surface area contributed by atoms with Crippen molar-refractivity contribution in [3.8, 4) is 0 Å². The molecule has 0 saturated heterocycles. The predicted octanol–water partition coefficient (Wildman–Crippen LogP) is 3.09. The zero-order valence-electron chi connectivity index (χ0n) is 11.1. The molecular formula is C14H19F2N3. The summed E-state index contributed by atoms with van der Waals surface area (Å²) in [5.41, 5.74) is 1.16. The van der Waals surface area contributed by atoms with Crippen LogP contribution in [0, 0.1) is 11.6 Å². The highest BCUT2D eigenvalue weighted by atomic mass is 19.2. The summed E-state index contributed by atoms with van der Waals surface area (Å²) in [4.78, 5) is 4.09. The van der Waals surface area contributed by atoms with Crippen molar-refractivity contribution in [1.29, 1.82) is 0 Å². The molecule has 0 aliphatic heterocycles. The first-order valence-corrected chi connectivity index (χ1v) is 6.73. The number of aromatic nitrogens is 2. The van der Waals surface area contributed by atoms with E-state index in [1.165, 1.54) is 6.07 Å². The van der Waals surface area contributed by atoms with Crippen LogP contribution in [0.15, 0.2) is 18.5 Å². The first-order chi connectivity index (χ1) is 9.22. The molecular weight excluding hydrogens is 248 g/mol. The second-order valence-corrected chi connectivity index (χ2v) is 4.65. The van der Waals surface area contributed by atoms with E-state index in [2.05, 4.69) is 17.2 Å². The maximum Gasteiger partial charge on any atom is 0.161 e. The second kappa shape index (κ2) is 6.61. The molecule has 1 aromatic heterocycles. The molecule has 19 heavy (non-hydrogen) atoms. The van der Waals surface area contributed by atoms with Crippen molar-refractivity contribution >= 4 is 11.0 Å². The molecule has 104 valence electrons. The number of unbranched alkanes of at least 4 members (excludes halogenated alkanes) is 1. The Morgan fingerprint density at radius 2 is 1.95 bits per heavy atom. The van der Waals surface area contributed by atoms with E-state index in [1.54, 1.807) is 6.33 Å². The van der Waals surface area contributed by atoms with Gasteiger partial charge in [-0.3, -0.25) is 0 Å². The van der Waals surface area contributed by atoms with Gasteiger partial charge in [0.1, 0.15) is 0 Å². The Labute approximate surface area is 111 Å². The average molecular weight is 267 g/mol. The van der Waals surface area contributed by atoms with E-state index < -0.39 is 11.6 Å². The Bertz CT molecular complexity index is 537. The van der Waals surface area contributed by atoms with Gasteiger partial charge in [0.25, 0.3) is 0 Å². The van der Waals surface area contributed by atoms with Crippen LogP contribution in [0.5, 0.6) is 0 Å². The number of aryl methyl sites for hydroxylation is 1. The van der Waals surface area contributed by atoms with E-state index in [0.29, 0.717) is 11.0 Å². The van der Waals surface area contributed by atoms with Gasteiger partial charge >= 0.3 is 0 Å². The molecule has 0 aliphatic rings. The number of hydrogen-bond donors (Lipinski definition) is 1. The summed E-state index contributed by atoms with van der Waals surface area (Å²) in [6.07, 6.45) is 4.82.